The molecule has 0 saturated carbocycles. The molecule has 1 aliphatic rings. The van der Waals surface area contributed by atoms with Crippen molar-refractivity contribution in [3.63, 3.8) is 0 Å². The molecule has 0 radical (unpaired) electrons. The van der Waals surface area contributed by atoms with E-state index >= 15 is 0 Å². The van der Waals surface area contributed by atoms with E-state index in [1.165, 1.54) is 0 Å². The van der Waals surface area contributed by atoms with Gasteiger partial charge in [-0.05, 0) is 42.2 Å². The molecule has 3 aromatic carbocycles. The Bertz CT molecular complexity index is 1090. The van der Waals surface area contributed by atoms with Crippen LogP contribution in [0.25, 0.3) is 0 Å². The summed E-state index contributed by atoms with van der Waals surface area (Å²) in [6.07, 6.45) is 0. The van der Waals surface area contributed by atoms with Gasteiger partial charge >= 0.3 is 0 Å². The van der Waals surface area contributed by atoms with Gasteiger partial charge in [0.2, 0.25) is 5.91 Å². The molecule has 0 bridgehead atoms. The maximum Gasteiger partial charge on any atom is 0.254 e. The summed E-state index contributed by atoms with van der Waals surface area (Å²) in [4.78, 5) is 28.9. The van der Waals surface area contributed by atoms with Crippen molar-refractivity contribution in [3.05, 3.63) is 107 Å². The van der Waals surface area contributed by atoms with Gasteiger partial charge in [-0.1, -0.05) is 72.8 Å². The third-order valence-electron chi connectivity index (χ3n) is 6.03. The number of nitrogens with zero attached hydrogens (tertiary/aromatic N) is 1. The van der Waals surface area contributed by atoms with Crippen LogP contribution in [0.15, 0.2) is 78.9 Å². The van der Waals surface area contributed by atoms with E-state index in [9.17, 15) is 14.7 Å². The maximum absolute atomic E-state index is 13.6. The summed E-state index contributed by atoms with van der Waals surface area (Å²) in [7, 11) is 0. The zero-order chi connectivity index (χ0) is 22.7. The number of nitrogens with one attached hydrogen (secondary N) is 1. The smallest absolute Gasteiger partial charge is 0.254 e. The Hall–Kier alpha value is -3.44. The predicted octanol–water partition coefficient (Wildman–Crippen LogP) is 4.18. The van der Waals surface area contributed by atoms with Crippen molar-refractivity contribution in [1.82, 2.24) is 10.2 Å². The predicted molar refractivity (Wildman–Crippen MR) is 124 cm³/mol. The van der Waals surface area contributed by atoms with Crippen molar-refractivity contribution in [3.8, 4) is 0 Å². The van der Waals surface area contributed by atoms with Gasteiger partial charge in [-0.25, -0.2) is 0 Å². The van der Waals surface area contributed by atoms with Crippen LogP contribution in [0.3, 0.4) is 0 Å². The largest absolute Gasteiger partial charge is 0.392 e. The molecule has 0 aromatic heterocycles. The lowest BCUT2D eigenvalue weighted by molar-refractivity contribution is -0.124. The van der Waals surface area contributed by atoms with E-state index in [1.54, 1.807) is 6.07 Å². The summed E-state index contributed by atoms with van der Waals surface area (Å²) in [6.45, 7) is 4.31. The van der Waals surface area contributed by atoms with E-state index in [0.29, 0.717) is 12.1 Å². The normalized spacial score (nSPS) is 17.9. The van der Waals surface area contributed by atoms with Crippen molar-refractivity contribution < 1.29 is 14.7 Å². The van der Waals surface area contributed by atoms with Gasteiger partial charge in [0, 0.05) is 18.2 Å². The van der Waals surface area contributed by atoms with Crippen LogP contribution in [0.2, 0.25) is 0 Å². The summed E-state index contributed by atoms with van der Waals surface area (Å²) in [5, 5.41) is 12.5. The number of fused-ring (bicyclic) bond motifs is 1. The molecule has 0 aliphatic carbocycles. The van der Waals surface area contributed by atoms with Crippen molar-refractivity contribution >= 4 is 11.8 Å². The van der Waals surface area contributed by atoms with Gasteiger partial charge in [0.05, 0.1) is 18.6 Å². The van der Waals surface area contributed by atoms with Crippen LogP contribution in [0.4, 0.5) is 0 Å². The molecular formula is C27H28N2O3. The molecule has 2 amide bonds. The summed E-state index contributed by atoms with van der Waals surface area (Å²) in [5.74, 6) is -0.732. The fraction of sp³-hybridized carbons (Fsp3) is 0.259. The fourth-order valence-corrected chi connectivity index (χ4v) is 4.47. The summed E-state index contributed by atoms with van der Waals surface area (Å²) >= 11 is 0. The Labute approximate surface area is 188 Å². The summed E-state index contributed by atoms with van der Waals surface area (Å²) < 4.78 is 0. The van der Waals surface area contributed by atoms with E-state index < -0.39 is 12.0 Å². The lowest BCUT2D eigenvalue weighted by atomic mass is 9.78. The minimum absolute atomic E-state index is 0.0540. The monoisotopic (exact) mass is 428 g/mol. The van der Waals surface area contributed by atoms with E-state index in [1.807, 2.05) is 91.5 Å². The molecule has 164 valence electrons. The van der Waals surface area contributed by atoms with E-state index in [0.717, 1.165) is 22.3 Å². The molecule has 0 unspecified atom stereocenters. The topological polar surface area (TPSA) is 69.6 Å². The number of hydrogen-bond acceptors (Lipinski definition) is 3. The first-order valence-corrected chi connectivity index (χ1v) is 10.9. The summed E-state index contributed by atoms with van der Waals surface area (Å²) in [6, 6.07) is 24.2. The Kier molecular flexibility index (Phi) is 6.37. The Morgan fingerprint density at radius 2 is 1.59 bits per heavy atom. The zero-order valence-electron chi connectivity index (χ0n) is 18.4. The highest BCUT2D eigenvalue weighted by Crippen LogP contribution is 2.43. The molecule has 4 rings (SSSR count). The highest BCUT2D eigenvalue weighted by molar-refractivity contribution is 6.01. The highest BCUT2D eigenvalue weighted by atomic mass is 16.3. The molecule has 0 saturated heterocycles. The lowest BCUT2D eigenvalue weighted by Gasteiger charge is -2.44. The first kappa shape index (κ1) is 21.8. The number of aliphatic hydroxyl groups is 1. The zero-order valence-corrected chi connectivity index (χ0v) is 18.4. The number of amides is 2. The fourth-order valence-electron chi connectivity index (χ4n) is 4.47. The van der Waals surface area contributed by atoms with Gasteiger partial charge in [0.15, 0.2) is 0 Å². The van der Waals surface area contributed by atoms with Crippen LogP contribution < -0.4 is 5.32 Å². The van der Waals surface area contributed by atoms with Crippen molar-refractivity contribution in [2.45, 2.75) is 45.0 Å². The molecule has 3 aromatic rings. The molecule has 5 nitrogen and oxygen atoms in total. The molecule has 2 N–H and O–H groups in total. The molecule has 1 aliphatic heterocycles. The van der Waals surface area contributed by atoms with Gasteiger partial charge in [-0.3, -0.25) is 9.59 Å². The number of carbonyl (C=O) groups is 2. The molecule has 0 fully saturated rings. The quantitative estimate of drug-likeness (QED) is 0.619. The number of benzene rings is 3. The molecule has 0 spiro atoms. The second kappa shape index (κ2) is 9.37. The van der Waals surface area contributed by atoms with Crippen molar-refractivity contribution in [1.29, 1.82) is 0 Å². The van der Waals surface area contributed by atoms with Gasteiger partial charge in [-0.15, -0.1) is 0 Å². The van der Waals surface area contributed by atoms with Crippen molar-refractivity contribution in [2.24, 2.45) is 0 Å². The summed E-state index contributed by atoms with van der Waals surface area (Å²) in [5.41, 5.74) is 4.00. The Morgan fingerprint density at radius 3 is 2.25 bits per heavy atom. The van der Waals surface area contributed by atoms with Crippen LogP contribution >= 0.6 is 0 Å². The number of aliphatic hydroxyl groups excluding tert-OH is 1. The standard InChI is InChI=1S/C27H28N2O3/c1-18(2)29-25(21-14-12-20(17-30)13-15-21)24(22-10-6-7-11-23(22)27(29)32)26(31)28-16-19-8-4-3-5-9-19/h3-15,18,24-25,30H,16-17H2,1-2H3,(H,28,31)/t24-,25+/m1/s1. The molecular weight excluding hydrogens is 400 g/mol. The van der Waals surface area contributed by atoms with Crippen LogP contribution in [-0.4, -0.2) is 27.9 Å². The van der Waals surface area contributed by atoms with Gasteiger partial charge in [0.25, 0.3) is 5.91 Å². The van der Waals surface area contributed by atoms with Crippen LogP contribution in [0, 0.1) is 0 Å². The SMILES string of the molecule is CC(C)N1C(=O)c2ccccc2[C@@H](C(=O)NCc2ccccc2)[C@@H]1c1ccc(CO)cc1. The average Bonchev–Trinajstić information content (AvgIpc) is 2.83. The first-order valence-electron chi connectivity index (χ1n) is 10.9. The second-order valence-electron chi connectivity index (χ2n) is 8.42. The minimum Gasteiger partial charge on any atom is -0.392 e. The Balaban J connectivity index is 1.78. The maximum atomic E-state index is 13.6. The Morgan fingerprint density at radius 1 is 0.938 bits per heavy atom. The number of rotatable bonds is 6. The highest BCUT2D eigenvalue weighted by Gasteiger charge is 2.44. The third kappa shape index (κ3) is 4.16. The lowest BCUT2D eigenvalue weighted by Crippen LogP contribution is -2.50. The van der Waals surface area contributed by atoms with Gasteiger partial charge in [-0.2, -0.15) is 0 Å². The van der Waals surface area contributed by atoms with E-state index in [4.69, 9.17) is 0 Å². The van der Waals surface area contributed by atoms with Gasteiger partial charge < -0.3 is 15.3 Å². The second-order valence-corrected chi connectivity index (χ2v) is 8.42. The van der Waals surface area contributed by atoms with Gasteiger partial charge in [0.1, 0.15) is 0 Å². The molecule has 5 heteroatoms. The molecule has 1 heterocycles. The van der Waals surface area contributed by atoms with Crippen LogP contribution in [-0.2, 0) is 17.9 Å². The number of carbonyl (C=O) groups excluding carboxylic acids is 2. The van der Waals surface area contributed by atoms with Crippen molar-refractivity contribution in [2.75, 3.05) is 0 Å². The first-order chi connectivity index (χ1) is 15.5. The van der Waals surface area contributed by atoms with Crippen LogP contribution in [0.1, 0.15) is 58.4 Å². The van der Waals surface area contributed by atoms with E-state index in [-0.39, 0.29) is 24.5 Å². The minimum atomic E-state index is -0.546. The number of hydrogen-bond donors (Lipinski definition) is 2. The molecule has 32 heavy (non-hydrogen) atoms. The van der Waals surface area contributed by atoms with Crippen LogP contribution in [0.5, 0.6) is 0 Å². The average molecular weight is 429 g/mol. The molecule has 2 atom stereocenters. The third-order valence-corrected chi connectivity index (χ3v) is 6.03. The van der Waals surface area contributed by atoms with E-state index in [2.05, 4.69) is 5.32 Å².